The molecule has 0 spiro atoms. The average Bonchev–Trinajstić information content (AvgIpc) is 2.95. The molecule has 0 aliphatic heterocycles. The van der Waals surface area contributed by atoms with Gasteiger partial charge in [0.25, 0.3) is 5.91 Å². The third-order valence-corrected chi connectivity index (χ3v) is 2.70. The molecule has 0 aliphatic carbocycles. The summed E-state index contributed by atoms with van der Waals surface area (Å²) in [6, 6.07) is 5.39. The number of nitrogens with one attached hydrogen (secondary N) is 2. The minimum Gasteiger partial charge on any atom is -0.408 e. The Labute approximate surface area is 107 Å². The predicted octanol–water partition coefficient (Wildman–Crippen LogP) is 1.69. The summed E-state index contributed by atoms with van der Waals surface area (Å²) in [5.74, 6) is 0.0546. The molecule has 0 aliphatic rings. The Hall–Kier alpha value is -2.83. The standard InChI is InChI=1S/C12H11N5O2/c1-6-16-17-12(19-6)15-11(18)9-5-14-10-3-2-7(13)4-8(9)10/h2-5,14H,13H2,1H3,(H,15,17,18). The van der Waals surface area contributed by atoms with Crippen molar-refractivity contribution in [2.75, 3.05) is 11.1 Å². The van der Waals surface area contributed by atoms with E-state index >= 15 is 0 Å². The molecule has 3 aromatic rings. The van der Waals surface area contributed by atoms with E-state index in [0.29, 0.717) is 17.1 Å². The number of hydrogen-bond acceptors (Lipinski definition) is 5. The number of carbonyl (C=O) groups excluding carboxylic acids is 1. The quantitative estimate of drug-likeness (QED) is 0.605. The Morgan fingerprint density at radius 1 is 1.42 bits per heavy atom. The lowest BCUT2D eigenvalue weighted by atomic mass is 10.1. The van der Waals surface area contributed by atoms with Gasteiger partial charge in [-0.1, -0.05) is 5.10 Å². The number of nitrogens with zero attached hydrogens (tertiary/aromatic N) is 2. The molecule has 1 aromatic carbocycles. The number of aromatic nitrogens is 3. The molecule has 0 unspecified atom stereocenters. The SMILES string of the molecule is Cc1nnc(NC(=O)c2c[nH]c3ccc(N)cc23)o1. The molecular weight excluding hydrogens is 246 g/mol. The van der Waals surface area contributed by atoms with Gasteiger partial charge in [0.2, 0.25) is 5.89 Å². The fourth-order valence-electron chi connectivity index (χ4n) is 1.84. The highest BCUT2D eigenvalue weighted by Gasteiger charge is 2.14. The van der Waals surface area contributed by atoms with Gasteiger partial charge in [-0.25, -0.2) is 0 Å². The average molecular weight is 257 g/mol. The van der Waals surface area contributed by atoms with Gasteiger partial charge in [-0.05, 0) is 18.2 Å². The smallest absolute Gasteiger partial charge is 0.322 e. The number of H-pyrrole nitrogens is 1. The molecule has 2 aromatic heterocycles. The summed E-state index contributed by atoms with van der Waals surface area (Å²) in [6.07, 6.45) is 1.61. The van der Waals surface area contributed by atoms with Crippen molar-refractivity contribution >= 4 is 28.5 Å². The Kier molecular flexibility index (Phi) is 2.45. The van der Waals surface area contributed by atoms with E-state index < -0.39 is 0 Å². The lowest BCUT2D eigenvalue weighted by molar-refractivity contribution is 0.102. The third-order valence-electron chi connectivity index (χ3n) is 2.70. The van der Waals surface area contributed by atoms with Gasteiger partial charge in [-0.3, -0.25) is 10.1 Å². The summed E-state index contributed by atoms with van der Waals surface area (Å²) in [6.45, 7) is 1.65. The van der Waals surface area contributed by atoms with Crippen molar-refractivity contribution in [1.82, 2.24) is 15.2 Å². The first kappa shape index (κ1) is 11.3. The van der Waals surface area contributed by atoms with Crippen LogP contribution in [0.2, 0.25) is 0 Å². The van der Waals surface area contributed by atoms with E-state index in [4.69, 9.17) is 10.2 Å². The summed E-state index contributed by atoms with van der Waals surface area (Å²) in [7, 11) is 0. The van der Waals surface area contributed by atoms with Crippen LogP contribution in [0.15, 0.2) is 28.8 Å². The van der Waals surface area contributed by atoms with Crippen LogP contribution < -0.4 is 11.1 Å². The zero-order valence-corrected chi connectivity index (χ0v) is 10.1. The molecule has 0 radical (unpaired) electrons. The number of hydrogen-bond donors (Lipinski definition) is 3. The second-order valence-electron chi connectivity index (χ2n) is 4.09. The predicted molar refractivity (Wildman–Crippen MR) is 69.7 cm³/mol. The molecule has 7 heteroatoms. The highest BCUT2D eigenvalue weighted by Crippen LogP contribution is 2.21. The maximum atomic E-state index is 12.1. The van der Waals surface area contributed by atoms with Crippen molar-refractivity contribution in [3.8, 4) is 0 Å². The summed E-state index contributed by atoms with van der Waals surface area (Å²) in [5, 5.41) is 10.6. The number of carbonyl (C=O) groups is 1. The number of nitrogens with two attached hydrogens (primary N) is 1. The first-order valence-corrected chi connectivity index (χ1v) is 5.61. The van der Waals surface area contributed by atoms with Crippen LogP contribution in [0.1, 0.15) is 16.2 Å². The molecule has 0 saturated heterocycles. The van der Waals surface area contributed by atoms with Gasteiger partial charge in [0.05, 0.1) is 5.56 Å². The van der Waals surface area contributed by atoms with E-state index in [1.807, 2.05) is 6.07 Å². The first-order chi connectivity index (χ1) is 9.13. The molecule has 3 rings (SSSR count). The topological polar surface area (TPSA) is 110 Å². The number of fused-ring (bicyclic) bond motifs is 1. The minimum atomic E-state index is -0.333. The number of benzene rings is 1. The fourth-order valence-corrected chi connectivity index (χ4v) is 1.84. The number of rotatable bonds is 2. The van der Waals surface area contributed by atoms with E-state index in [1.165, 1.54) is 0 Å². The number of amides is 1. The lowest BCUT2D eigenvalue weighted by Gasteiger charge is -1.99. The highest BCUT2D eigenvalue weighted by atomic mass is 16.4. The van der Waals surface area contributed by atoms with Gasteiger partial charge >= 0.3 is 6.01 Å². The molecule has 4 N–H and O–H groups in total. The van der Waals surface area contributed by atoms with E-state index in [0.717, 1.165) is 10.9 Å². The normalized spacial score (nSPS) is 10.8. The lowest BCUT2D eigenvalue weighted by Crippen LogP contribution is -2.11. The van der Waals surface area contributed by atoms with Crippen LogP contribution in [-0.4, -0.2) is 21.1 Å². The Bertz CT molecular complexity index is 758. The van der Waals surface area contributed by atoms with Crippen LogP contribution in [0.5, 0.6) is 0 Å². The molecule has 0 bridgehead atoms. The monoisotopic (exact) mass is 257 g/mol. The zero-order valence-electron chi connectivity index (χ0n) is 10.1. The van der Waals surface area contributed by atoms with Gasteiger partial charge in [-0.2, -0.15) is 0 Å². The van der Waals surface area contributed by atoms with Crippen molar-refractivity contribution in [2.24, 2.45) is 0 Å². The summed E-state index contributed by atoms with van der Waals surface area (Å²) < 4.78 is 5.10. The largest absolute Gasteiger partial charge is 0.408 e. The Morgan fingerprint density at radius 3 is 3.00 bits per heavy atom. The third kappa shape index (κ3) is 2.01. The zero-order chi connectivity index (χ0) is 13.4. The molecule has 0 atom stereocenters. The minimum absolute atomic E-state index is 0.0701. The fraction of sp³-hybridized carbons (Fsp3) is 0.0833. The van der Waals surface area contributed by atoms with E-state index in [-0.39, 0.29) is 11.9 Å². The van der Waals surface area contributed by atoms with E-state index in [2.05, 4.69) is 20.5 Å². The summed E-state index contributed by atoms with van der Waals surface area (Å²) in [5.41, 5.74) is 7.62. The Morgan fingerprint density at radius 2 is 2.26 bits per heavy atom. The van der Waals surface area contributed by atoms with Crippen LogP contribution >= 0.6 is 0 Å². The van der Waals surface area contributed by atoms with Crippen LogP contribution in [-0.2, 0) is 0 Å². The maximum absolute atomic E-state index is 12.1. The molecule has 2 heterocycles. The first-order valence-electron chi connectivity index (χ1n) is 5.61. The molecule has 19 heavy (non-hydrogen) atoms. The van der Waals surface area contributed by atoms with E-state index in [1.54, 1.807) is 25.3 Å². The van der Waals surface area contributed by atoms with Crippen LogP contribution in [0.3, 0.4) is 0 Å². The van der Waals surface area contributed by atoms with Crippen molar-refractivity contribution in [3.63, 3.8) is 0 Å². The maximum Gasteiger partial charge on any atom is 0.322 e. The van der Waals surface area contributed by atoms with Crippen molar-refractivity contribution < 1.29 is 9.21 Å². The number of nitrogen functional groups attached to an aromatic ring is 1. The summed E-state index contributed by atoms with van der Waals surface area (Å²) >= 11 is 0. The Balaban J connectivity index is 1.95. The number of aromatic amines is 1. The van der Waals surface area contributed by atoms with Crippen LogP contribution in [0, 0.1) is 6.92 Å². The van der Waals surface area contributed by atoms with Gasteiger partial charge < -0.3 is 15.1 Å². The second kappa shape index (κ2) is 4.13. The van der Waals surface area contributed by atoms with Gasteiger partial charge in [0.15, 0.2) is 0 Å². The molecule has 1 amide bonds. The summed E-state index contributed by atoms with van der Waals surface area (Å²) in [4.78, 5) is 15.1. The molecular formula is C12H11N5O2. The van der Waals surface area contributed by atoms with Crippen molar-refractivity contribution in [1.29, 1.82) is 0 Å². The highest BCUT2D eigenvalue weighted by molar-refractivity contribution is 6.12. The molecule has 96 valence electrons. The van der Waals surface area contributed by atoms with Crippen LogP contribution in [0.4, 0.5) is 11.7 Å². The van der Waals surface area contributed by atoms with Crippen molar-refractivity contribution in [2.45, 2.75) is 6.92 Å². The van der Waals surface area contributed by atoms with Gasteiger partial charge in [-0.15, -0.1) is 5.10 Å². The van der Waals surface area contributed by atoms with Gasteiger partial charge in [0, 0.05) is 29.7 Å². The number of aryl methyl sites for hydroxylation is 1. The molecule has 0 fully saturated rings. The van der Waals surface area contributed by atoms with Crippen molar-refractivity contribution in [3.05, 3.63) is 35.9 Å². The molecule has 7 nitrogen and oxygen atoms in total. The van der Waals surface area contributed by atoms with Crippen LogP contribution in [0.25, 0.3) is 10.9 Å². The molecule has 0 saturated carbocycles. The van der Waals surface area contributed by atoms with Gasteiger partial charge in [0.1, 0.15) is 0 Å². The number of anilines is 2. The van der Waals surface area contributed by atoms with E-state index in [9.17, 15) is 4.79 Å². The second-order valence-corrected chi connectivity index (χ2v) is 4.09.